The summed E-state index contributed by atoms with van der Waals surface area (Å²) >= 11 is 0. The lowest BCUT2D eigenvalue weighted by Gasteiger charge is -2.31. The van der Waals surface area contributed by atoms with E-state index in [0.29, 0.717) is 0 Å². The molecule has 0 bridgehead atoms. The summed E-state index contributed by atoms with van der Waals surface area (Å²) < 4.78 is 18.8. The summed E-state index contributed by atoms with van der Waals surface area (Å²) in [5.41, 5.74) is 15.2. The molecular formula is C51H37NO3. The predicted molar refractivity (Wildman–Crippen MR) is 224 cm³/mol. The van der Waals surface area contributed by atoms with Gasteiger partial charge in [-0.05, 0) is 124 Å². The zero-order valence-electron chi connectivity index (χ0n) is 30.7. The topological polar surface area (TPSA) is 34.8 Å². The first-order chi connectivity index (χ1) is 27.0. The van der Waals surface area contributed by atoms with Gasteiger partial charge in [0.2, 0.25) is 0 Å². The van der Waals surface area contributed by atoms with Gasteiger partial charge < -0.3 is 18.8 Å². The minimum atomic E-state index is -0.223. The van der Waals surface area contributed by atoms with Crippen LogP contribution in [0.2, 0.25) is 0 Å². The number of rotatable bonds is 5. The Balaban J connectivity index is 0.986. The van der Waals surface area contributed by atoms with E-state index in [2.05, 4.69) is 140 Å². The molecule has 3 aliphatic rings. The Hall–Kier alpha value is -6.78. The Morgan fingerprint density at radius 1 is 0.473 bits per heavy atom. The van der Waals surface area contributed by atoms with Crippen LogP contribution in [0.25, 0.3) is 49.8 Å². The van der Waals surface area contributed by atoms with Gasteiger partial charge in [-0.15, -0.1) is 0 Å². The summed E-state index contributed by atoms with van der Waals surface area (Å²) in [6, 6.07) is 53.6. The number of benzene rings is 7. The molecule has 0 fully saturated rings. The van der Waals surface area contributed by atoms with Gasteiger partial charge in [0.1, 0.15) is 11.2 Å². The third-order valence-corrected chi connectivity index (χ3v) is 11.7. The van der Waals surface area contributed by atoms with Gasteiger partial charge in [-0.1, -0.05) is 105 Å². The molecule has 11 rings (SSSR count). The molecule has 2 aliphatic carbocycles. The van der Waals surface area contributed by atoms with Crippen LogP contribution in [-0.2, 0) is 5.41 Å². The minimum absolute atomic E-state index is 0.223. The number of nitrogens with zero attached hydrogens (tertiary/aromatic N) is 1. The van der Waals surface area contributed by atoms with Crippen LogP contribution in [0.15, 0.2) is 174 Å². The van der Waals surface area contributed by atoms with E-state index in [-0.39, 0.29) is 5.41 Å². The fraction of sp³-hybridized carbons (Fsp3) is 0.0980. The minimum Gasteiger partial charge on any atom is -0.456 e. The smallest absolute Gasteiger partial charge is 0.170 e. The Kier molecular flexibility index (Phi) is 6.99. The molecule has 55 heavy (non-hydrogen) atoms. The summed E-state index contributed by atoms with van der Waals surface area (Å²) in [5.74, 6) is 2.93. The molecule has 0 N–H and O–H groups in total. The third kappa shape index (κ3) is 5.13. The number of ether oxygens (including phenoxy) is 2. The highest BCUT2D eigenvalue weighted by Gasteiger charge is 2.36. The molecule has 0 radical (unpaired) electrons. The van der Waals surface area contributed by atoms with E-state index >= 15 is 0 Å². The lowest BCUT2D eigenvalue weighted by Crippen LogP contribution is -2.20. The van der Waals surface area contributed by atoms with Crippen LogP contribution in [0.5, 0.6) is 23.0 Å². The van der Waals surface area contributed by atoms with E-state index in [9.17, 15) is 0 Å². The Labute approximate surface area is 320 Å². The number of fused-ring (bicyclic) bond motifs is 8. The Morgan fingerprint density at radius 3 is 1.93 bits per heavy atom. The van der Waals surface area contributed by atoms with Crippen molar-refractivity contribution >= 4 is 38.9 Å². The van der Waals surface area contributed by atoms with Gasteiger partial charge >= 0.3 is 0 Å². The highest BCUT2D eigenvalue weighted by Crippen LogP contribution is 2.53. The van der Waals surface area contributed by atoms with Crippen molar-refractivity contribution in [3.8, 4) is 45.3 Å². The van der Waals surface area contributed by atoms with Crippen molar-refractivity contribution < 1.29 is 13.9 Å². The Bertz CT molecular complexity index is 2910. The lowest BCUT2D eigenvalue weighted by atomic mass is 9.81. The van der Waals surface area contributed by atoms with Crippen LogP contribution >= 0.6 is 0 Å². The molecule has 4 nitrogen and oxygen atoms in total. The van der Waals surface area contributed by atoms with Crippen LogP contribution in [0.4, 0.5) is 11.4 Å². The molecule has 2 heterocycles. The van der Waals surface area contributed by atoms with Crippen molar-refractivity contribution in [1.82, 2.24) is 0 Å². The average molecular weight is 712 g/mol. The molecule has 0 spiro atoms. The molecule has 0 saturated carbocycles. The van der Waals surface area contributed by atoms with Gasteiger partial charge in [0, 0.05) is 39.3 Å². The predicted octanol–water partition coefficient (Wildman–Crippen LogP) is 14.4. The van der Waals surface area contributed by atoms with Gasteiger partial charge in [0.15, 0.2) is 23.0 Å². The van der Waals surface area contributed by atoms with E-state index in [1.54, 1.807) is 0 Å². The van der Waals surface area contributed by atoms with Gasteiger partial charge in [-0.25, -0.2) is 0 Å². The van der Waals surface area contributed by atoms with Crippen molar-refractivity contribution in [3.05, 3.63) is 186 Å². The van der Waals surface area contributed by atoms with Crippen LogP contribution in [-0.4, -0.2) is 0 Å². The maximum absolute atomic E-state index is 6.41. The second-order valence-corrected chi connectivity index (χ2v) is 15.3. The first-order valence-electron chi connectivity index (χ1n) is 19.0. The van der Waals surface area contributed by atoms with Crippen LogP contribution in [0.1, 0.15) is 43.4 Å². The molecule has 1 aromatic heterocycles. The maximum Gasteiger partial charge on any atom is 0.170 e. The van der Waals surface area contributed by atoms with Crippen molar-refractivity contribution in [2.24, 2.45) is 0 Å². The van der Waals surface area contributed by atoms with Gasteiger partial charge in [0.05, 0.1) is 0 Å². The van der Waals surface area contributed by atoms with E-state index < -0.39 is 0 Å². The number of anilines is 2. The van der Waals surface area contributed by atoms with Crippen molar-refractivity contribution in [2.75, 3.05) is 4.90 Å². The fourth-order valence-corrected chi connectivity index (χ4v) is 8.79. The first kappa shape index (κ1) is 31.7. The SMILES string of the molecule is CC1(C)c2cc(-c3ccc4c(c3)Oc3ccccc3O4)ccc2-c2ccc(N(C3=CC=C(c4ccccc4)CC3)c3ccc4c(c3)oc3ccccc34)cc21. The van der Waals surface area contributed by atoms with Gasteiger partial charge in [-0.3, -0.25) is 0 Å². The molecule has 4 heteroatoms. The summed E-state index contributed by atoms with van der Waals surface area (Å²) in [4.78, 5) is 2.43. The van der Waals surface area contributed by atoms with Crippen LogP contribution < -0.4 is 14.4 Å². The number of para-hydroxylation sites is 3. The second-order valence-electron chi connectivity index (χ2n) is 15.3. The maximum atomic E-state index is 6.41. The normalized spacial score (nSPS) is 14.9. The fourth-order valence-electron chi connectivity index (χ4n) is 8.79. The summed E-state index contributed by atoms with van der Waals surface area (Å²) in [7, 11) is 0. The highest BCUT2D eigenvalue weighted by atomic mass is 16.6. The molecule has 0 amide bonds. The Morgan fingerprint density at radius 2 is 1.11 bits per heavy atom. The van der Waals surface area contributed by atoms with E-state index in [4.69, 9.17) is 13.9 Å². The van der Waals surface area contributed by atoms with Gasteiger partial charge in [-0.2, -0.15) is 0 Å². The first-order valence-corrected chi connectivity index (χ1v) is 19.0. The van der Waals surface area contributed by atoms with Gasteiger partial charge in [0.25, 0.3) is 0 Å². The molecule has 264 valence electrons. The summed E-state index contributed by atoms with van der Waals surface area (Å²) in [5, 5.41) is 2.27. The number of hydrogen-bond donors (Lipinski definition) is 0. The lowest BCUT2D eigenvalue weighted by molar-refractivity contribution is 0.360. The highest BCUT2D eigenvalue weighted by molar-refractivity contribution is 6.06. The summed E-state index contributed by atoms with van der Waals surface area (Å²) in [6.07, 6.45) is 6.49. The molecule has 0 atom stereocenters. The third-order valence-electron chi connectivity index (χ3n) is 11.7. The molecular weight excluding hydrogens is 675 g/mol. The number of furan rings is 1. The number of hydrogen-bond acceptors (Lipinski definition) is 4. The van der Waals surface area contributed by atoms with E-state index in [1.807, 2.05) is 42.5 Å². The quantitative estimate of drug-likeness (QED) is 0.178. The molecule has 1 aliphatic heterocycles. The summed E-state index contributed by atoms with van der Waals surface area (Å²) in [6.45, 7) is 4.71. The number of allylic oxidation sites excluding steroid dienone is 4. The molecule has 7 aromatic carbocycles. The zero-order chi connectivity index (χ0) is 36.7. The van der Waals surface area contributed by atoms with E-state index in [0.717, 1.165) is 80.3 Å². The van der Waals surface area contributed by atoms with Crippen LogP contribution in [0, 0.1) is 0 Å². The average Bonchev–Trinajstić information content (AvgIpc) is 3.71. The van der Waals surface area contributed by atoms with Crippen molar-refractivity contribution in [1.29, 1.82) is 0 Å². The molecule has 0 saturated heterocycles. The van der Waals surface area contributed by atoms with Crippen LogP contribution in [0.3, 0.4) is 0 Å². The monoisotopic (exact) mass is 711 g/mol. The largest absolute Gasteiger partial charge is 0.456 e. The van der Waals surface area contributed by atoms with Crippen molar-refractivity contribution in [2.45, 2.75) is 32.1 Å². The van der Waals surface area contributed by atoms with Crippen molar-refractivity contribution in [3.63, 3.8) is 0 Å². The van der Waals surface area contributed by atoms with E-state index in [1.165, 1.54) is 39.1 Å². The second kappa shape index (κ2) is 12.1. The molecule has 8 aromatic rings. The zero-order valence-corrected chi connectivity index (χ0v) is 30.7. The molecule has 0 unspecified atom stereocenters. The standard InChI is InChI=1S/C51H37NO3/c1-51(2)43-28-34(35-19-27-48-50(29-35)55-47-15-9-8-14-46(47)54-48)18-24-39(43)40-25-22-37(30-44(40)51)52(36-20-16-33(17-21-36)32-10-4-3-5-11-32)38-23-26-42-41-12-6-7-13-45(41)53-49(42)31-38/h3-16,18-20,22-31H,17,21H2,1-2H3.